The molecule has 0 aliphatic rings. The number of carbonyl (C=O) groups is 1. The smallest absolute Gasteiger partial charge is 0.137 e. The van der Waals surface area contributed by atoms with Gasteiger partial charge in [-0.3, -0.25) is 4.79 Å². The van der Waals surface area contributed by atoms with Crippen LogP contribution in [0, 0.1) is 0 Å². The van der Waals surface area contributed by atoms with E-state index in [1.54, 1.807) is 12.3 Å². The van der Waals surface area contributed by atoms with Gasteiger partial charge < -0.3 is 11.5 Å². The maximum atomic E-state index is 11.6. The van der Waals surface area contributed by atoms with Crippen LogP contribution in [0.25, 0.3) is 0 Å². The monoisotopic (exact) mass is 221 g/mol. The van der Waals surface area contributed by atoms with Crippen molar-refractivity contribution in [3.63, 3.8) is 0 Å². The van der Waals surface area contributed by atoms with Crippen molar-refractivity contribution in [3.05, 3.63) is 23.9 Å². The molecule has 0 aromatic carbocycles. The molecule has 0 radical (unpaired) electrons. The zero-order valence-corrected chi connectivity index (χ0v) is 9.65. The molecule has 1 unspecified atom stereocenters. The van der Waals surface area contributed by atoms with Crippen LogP contribution in [0.2, 0.25) is 0 Å². The number of nitrogens with two attached hydrogens (primary N) is 2. The Balaban J connectivity index is 2.37. The van der Waals surface area contributed by atoms with Crippen molar-refractivity contribution in [2.75, 3.05) is 5.73 Å². The van der Waals surface area contributed by atoms with E-state index in [1.165, 1.54) is 0 Å². The van der Waals surface area contributed by atoms with Crippen LogP contribution in [0.1, 0.15) is 31.7 Å². The fourth-order valence-corrected chi connectivity index (χ4v) is 1.52. The Labute approximate surface area is 96.0 Å². The summed E-state index contributed by atoms with van der Waals surface area (Å²) in [6.07, 6.45) is 4.29. The Morgan fingerprint density at radius 1 is 1.56 bits per heavy atom. The summed E-state index contributed by atoms with van der Waals surface area (Å²) in [7, 11) is 0. The lowest BCUT2D eigenvalue weighted by atomic mass is 10.0. The second kappa shape index (κ2) is 6.23. The van der Waals surface area contributed by atoms with Crippen molar-refractivity contribution < 1.29 is 4.79 Å². The normalized spacial score (nSPS) is 12.4. The maximum absolute atomic E-state index is 11.6. The van der Waals surface area contributed by atoms with Gasteiger partial charge in [0.25, 0.3) is 0 Å². The lowest BCUT2D eigenvalue weighted by molar-refractivity contribution is -0.118. The van der Waals surface area contributed by atoms with Crippen molar-refractivity contribution in [2.24, 2.45) is 5.73 Å². The van der Waals surface area contributed by atoms with Gasteiger partial charge in [-0.2, -0.15) is 0 Å². The molecule has 4 nitrogen and oxygen atoms in total. The van der Waals surface area contributed by atoms with Gasteiger partial charge in [-0.25, -0.2) is 4.98 Å². The first kappa shape index (κ1) is 12.6. The van der Waals surface area contributed by atoms with Gasteiger partial charge in [0.05, 0.1) is 0 Å². The molecule has 1 rings (SSSR count). The number of Topliss-reactive ketones (excluding diaryl/α,β-unsaturated/α-hetero) is 1. The molecular formula is C12H19N3O. The first-order valence-electron chi connectivity index (χ1n) is 5.56. The average Bonchev–Trinajstić information content (AvgIpc) is 2.21. The molecular weight excluding hydrogens is 202 g/mol. The van der Waals surface area contributed by atoms with E-state index in [0.717, 1.165) is 18.4 Å². The predicted molar refractivity (Wildman–Crippen MR) is 64.9 cm³/mol. The standard InChI is InChI=1S/C12H19N3O/c1-9(13)4-2-6-11(16)8-10-5-3-7-15-12(10)14/h3,5,7,9H,2,4,6,8,13H2,1H3,(H2,14,15). The quantitative estimate of drug-likeness (QED) is 0.758. The fraction of sp³-hybridized carbons (Fsp3) is 0.500. The molecule has 0 bridgehead atoms. The largest absolute Gasteiger partial charge is 0.383 e. The number of ketones is 1. The van der Waals surface area contributed by atoms with Crippen LogP contribution in [0.5, 0.6) is 0 Å². The number of nitrogen functional groups attached to an aromatic ring is 1. The van der Waals surface area contributed by atoms with E-state index in [2.05, 4.69) is 4.98 Å². The van der Waals surface area contributed by atoms with Crippen molar-refractivity contribution in [2.45, 2.75) is 38.6 Å². The number of hydrogen-bond acceptors (Lipinski definition) is 4. The van der Waals surface area contributed by atoms with Crippen LogP contribution in [-0.4, -0.2) is 16.8 Å². The van der Waals surface area contributed by atoms with Gasteiger partial charge >= 0.3 is 0 Å². The van der Waals surface area contributed by atoms with Crippen LogP contribution in [0.15, 0.2) is 18.3 Å². The number of carbonyl (C=O) groups excluding carboxylic acids is 1. The maximum Gasteiger partial charge on any atom is 0.137 e. The van der Waals surface area contributed by atoms with Crippen LogP contribution >= 0.6 is 0 Å². The van der Waals surface area contributed by atoms with Crippen molar-refractivity contribution in [3.8, 4) is 0 Å². The van der Waals surface area contributed by atoms with Crippen LogP contribution in [0.3, 0.4) is 0 Å². The van der Waals surface area contributed by atoms with E-state index < -0.39 is 0 Å². The number of pyridine rings is 1. The second-order valence-electron chi connectivity index (χ2n) is 4.13. The number of nitrogens with zero attached hydrogens (tertiary/aromatic N) is 1. The van der Waals surface area contributed by atoms with E-state index in [4.69, 9.17) is 11.5 Å². The molecule has 0 amide bonds. The molecule has 0 fully saturated rings. The molecule has 0 saturated carbocycles. The molecule has 4 N–H and O–H groups in total. The second-order valence-corrected chi connectivity index (χ2v) is 4.13. The van der Waals surface area contributed by atoms with Gasteiger partial charge in [0, 0.05) is 30.6 Å². The molecule has 1 aromatic rings. The molecule has 0 saturated heterocycles. The predicted octanol–water partition coefficient (Wildman–Crippen LogP) is 1.29. The highest BCUT2D eigenvalue weighted by Crippen LogP contribution is 2.10. The van der Waals surface area contributed by atoms with E-state index in [9.17, 15) is 4.79 Å². The lowest BCUT2D eigenvalue weighted by Crippen LogP contribution is -2.15. The first-order chi connectivity index (χ1) is 7.59. The van der Waals surface area contributed by atoms with E-state index in [0.29, 0.717) is 18.7 Å². The molecule has 1 heterocycles. The summed E-state index contributed by atoms with van der Waals surface area (Å²) in [6, 6.07) is 3.79. The Kier molecular flexibility index (Phi) is 4.92. The third kappa shape index (κ3) is 4.40. The number of anilines is 1. The summed E-state index contributed by atoms with van der Waals surface area (Å²) < 4.78 is 0. The molecule has 16 heavy (non-hydrogen) atoms. The van der Waals surface area contributed by atoms with Crippen LogP contribution in [-0.2, 0) is 11.2 Å². The highest BCUT2D eigenvalue weighted by Gasteiger charge is 2.07. The molecule has 0 aliphatic carbocycles. The van der Waals surface area contributed by atoms with Crippen molar-refractivity contribution >= 4 is 11.6 Å². The Morgan fingerprint density at radius 3 is 2.94 bits per heavy atom. The number of rotatable bonds is 6. The Bertz CT molecular complexity index is 350. The zero-order chi connectivity index (χ0) is 12.0. The molecule has 4 heteroatoms. The minimum atomic E-state index is 0.163. The summed E-state index contributed by atoms with van der Waals surface area (Å²) in [5.41, 5.74) is 12.1. The Hall–Kier alpha value is -1.42. The van der Waals surface area contributed by atoms with E-state index >= 15 is 0 Å². The van der Waals surface area contributed by atoms with Crippen LogP contribution in [0.4, 0.5) is 5.82 Å². The summed E-state index contributed by atoms with van der Waals surface area (Å²) in [5.74, 6) is 0.642. The minimum Gasteiger partial charge on any atom is -0.383 e. The van der Waals surface area contributed by atoms with E-state index in [1.807, 2.05) is 13.0 Å². The lowest BCUT2D eigenvalue weighted by Gasteiger charge is -2.05. The topological polar surface area (TPSA) is 82.0 Å². The molecule has 0 aliphatic heterocycles. The summed E-state index contributed by atoms with van der Waals surface area (Å²) in [6.45, 7) is 1.95. The molecule has 0 spiro atoms. The summed E-state index contributed by atoms with van der Waals surface area (Å²) in [4.78, 5) is 15.6. The van der Waals surface area contributed by atoms with Gasteiger partial charge in [-0.05, 0) is 25.8 Å². The van der Waals surface area contributed by atoms with Gasteiger partial charge in [0.15, 0.2) is 0 Å². The van der Waals surface area contributed by atoms with Gasteiger partial charge in [0.2, 0.25) is 0 Å². The Morgan fingerprint density at radius 2 is 2.31 bits per heavy atom. The molecule has 1 atom stereocenters. The number of hydrogen-bond donors (Lipinski definition) is 2. The van der Waals surface area contributed by atoms with Gasteiger partial charge in [0.1, 0.15) is 11.6 Å². The van der Waals surface area contributed by atoms with Crippen molar-refractivity contribution in [1.82, 2.24) is 4.98 Å². The van der Waals surface area contributed by atoms with Gasteiger partial charge in [-0.15, -0.1) is 0 Å². The highest BCUT2D eigenvalue weighted by atomic mass is 16.1. The fourth-order valence-electron chi connectivity index (χ4n) is 1.52. The van der Waals surface area contributed by atoms with E-state index in [-0.39, 0.29) is 11.8 Å². The zero-order valence-electron chi connectivity index (χ0n) is 9.65. The van der Waals surface area contributed by atoms with Crippen molar-refractivity contribution in [1.29, 1.82) is 0 Å². The average molecular weight is 221 g/mol. The summed E-state index contributed by atoms with van der Waals surface area (Å²) >= 11 is 0. The number of aromatic nitrogens is 1. The highest BCUT2D eigenvalue weighted by molar-refractivity contribution is 5.81. The van der Waals surface area contributed by atoms with Gasteiger partial charge in [-0.1, -0.05) is 6.07 Å². The van der Waals surface area contributed by atoms with Crippen LogP contribution < -0.4 is 11.5 Å². The first-order valence-corrected chi connectivity index (χ1v) is 5.56. The third-order valence-electron chi connectivity index (χ3n) is 2.43. The minimum absolute atomic E-state index is 0.163. The summed E-state index contributed by atoms with van der Waals surface area (Å²) in [5, 5.41) is 0. The third-order valence-corrected chi connectivity index (χ3v) is 2.43. The SMILES string of the molecule is CC(N)CCCC(=O)Cc1cccnc1N. The molecule has 88 valence electrons. The molecule has 1 aromatic heterocycles.